The van der Waals surface area contributed by atoms with Gasteiger partial charge in [-0.05, 0) is 61.0 Å². The van der Waals surface area contributed by atoms with E-state index in [0.29, 0.717) is 11.4 Å². The van der Waals surface area contributed by atoms with E-state index < -0.39 is 0 Å². The summed E-state index contributed by atoms with van der Waals surface area (Å²) in [5.41, 5.74) is 2.73. The van der Waals surface area contributed by atoms with Crippen molar-refractivity contribution in [3.8, 4) is 0 Å². The molecule has 0 saturated carbocycles. The number of aromatic amines is 1. The van der Waals surface area contributed by atoms with Gasteiger partial charge in [-0.3, -0.25) is 10.00 Å². The van der Waals surface area contributed by atoms with Gasteiger partial charge in [-0.25, -0.2) is 4.68 Å². The molecule has 3 aromatic rings. The van der Waals surface area contributed by atoms with E-state index in [2.05, 4.69) is 51.4 Å². The van der Waals surface area contributed by atoms with E-state index in [1.54, 1.807) is 0 Å². The van der Waals surface area contributed by atoms with Gasteiger partial charge in [0.2, 0.25) is 4.77 Å². The zero-order valence-corrected chi connectivity index (χ0v) is 16.1. The second kappa shape index (κ2) is 7.90. The topological polar surface area (TPSA) is 50.0 Å². The number of rotatable bonds is 5. The summed E-state index contributed by atoms with van der Waals surface area (Å²) in [7, 11) is 0. The van der Waals surface area contributed by atoms with Gasteiger partial charge < -0.3 is 4.42 Å². The van der Waals surface area contributed by atoms with E-state index in [-0.39, 0.29) is 0 Å². The Balaban J connectivity index is 1.40. The number of benzene rings is 1. The quantitative estimate of drug-likeness (QED) is 0.651. The van der Waals surface area contributed by atoms with Crippen LogP contribution in [0.1, 0.15) is 29.3 Å². The third-order valence-electron chi connectivity index (χ3n) is 4.64. The largest absolute Gasteiger partial charge is 0.462 e. The minimum absolute atomic E-state index is 0.558. The zero-order valence-electron chi connectivity index (χ0n) is 15.3. The minimum atomic E-state index is 0.558. The summed E-state index contributed by atoms with van der Waals surface area (Å²) in [6.07, 6.45) is 7.11. The third-order valence-corrected chi connectivity index (χ3v) is 4.95. The average molecular weight is 379 g/mol. The van der Waals surface area contributed by atoms with Gasteiger partial charge in [0.25, 0.3) is 0 Å². The van der Waals surface area contributed by atoms with Crippen LogP contribution in [0.25, 0.3) is 17.7 Å². The predicted octanol–water partition coefficient (Wildman–Crippen LogP) is 4.76. The summed E-state index contributed by atoms with van der Waals surface area (Å²) in [5, 5.41) is 3.26. The SMILES string of the molecule is Cc1ccc(/C=C/c2nc(=S)n(CN3CC=C(c4ccccc4)CC3)[nH]2)o1. The fourth-order valence-electron chi connectivity index (χ4n) is 3.20. The lowest BCUT2D eigenvalue weighted by atomic mass is 10.00. The first-order valence-electron chi connectivity index (χ1n) is 9.05. The Hall–Kier alpha value is -2.70. The lowest BCUT2D eigenvalue weighted by Crippen LogP contribution is -2.31. The van der Waals surface area contributed by atoms with Crippen molar-refractivity contribution in [2.45, 2.75) is 20.0 Å². The van der Waals surface area contributed by atoms with Crippen molar-refractivity contribution >= 4 is 29.9 Å². The Morgan fingerprint density at radius 1 is 1.19 bits per heavy atom. The van der Waals surface area contributed by atoms with Crippen LogP contribution in [-0.2, 0) is 6.67 Å². The molecule has 3 heterocycles. The van der Waals surface area contributed by atoms with Crippen molar-refractivity contribution in [2.24, 2.45) is 0 Å². The number of nitrogens with zero attached hydrogens (tertiary/aromatic N) is 3. The van der Waals surface area contributed by atoms with Crippen molar-refractivity contribution in [2.75, 3.05) is 13.1 Å². The Morgan fingerprint density at radius 2 is 2.04 bits per heavy atom. The molecular formula is C21H22N4OS. The highest BCUT2D eigenvalue weighted by atomic mass is 32.1. The summed E-state index contributed by atoms with van der Waals surface area (Å²) < 4.78 is 8.00. The maximum atomic E-state index is 5.53. The van der Waals surface area contributed by atoms with Crippen LogP contribution in [0, 0.1) is 11.7 Å². The number of aromatic nitrogens is 3. The van der Waals surface area contributed by atoms with Crippen molar-refractivity contribution in [1.82, 2.24) is 19.7 Å². The maximum absolute atomic E-state index is 5.53. The molecule has 6 heteroatoms. The van der Waals surface area contributed by atoms with Crippen LogP contribution < -0.4 is 0 Å². The van der Waals surface area contributed by atoms with Gasteiger partial charge >= 0.3 is 0 Å². The van der Waals surface area contributed by atoms with E-state index in [9.17, 15) is 0 Å². The Bertz CT molecular complexity index is 1030. The third kappa shape index (κ3) is 4.35. The number of hydrogen-bond donors (Lipinski definition) is 1. The van der Waals surface area contributed by atoms with Crippen molar-refractivity contribution in [3.63, 3.8) is 0 Å². The summed E-state index contributed by atoms with van der Waals surface area (Å²) in [5.74, 6) is 2.42. The van der Waals surface area contributed by atoms with Gasteiger partial charge in [0.15, 0.2) is 0 Å². The highest BCUT2D eigenvalue weighted by Crippen LogP contribution is 2.22. The van der Waals surface area contributed by atoms with Crippen LogP contribution in [0.4, 0.5) is 0 Å². The Morgan fingerprint density at radius 3 is 2.74 bits per heavy atom. The zero-order chi connectivity index (χ0) is 18.6. The lowest BCUT2D eigenvalue weighted by molar-refractivity contribution is 0.226. The van der Waals surface area contributed by atoms with Crippen LogP contribution in [0.5, 0.6) is 0 Å². The van der Waals surface area contributed by atoms with Gasteiger partial charge in [-0.15, -0.1) is 0 Å². The normalized spacial score (nSPS) is 15.4. The number of furan rings is 1. The van der Waals surface area contributed by atoms with Gasteiger partial charge in [0.05, 0.1) is 6.67 Å². The molecule has 5 nitrogen and oxygen atoms in total. The molecule has 0 unspecified atom stereocenters. The first-order chi connectivity index (χ1) is 13.2. The molecule has 4 rings (SSSR count). The number of nitrogens with one attached hydrogen (secondary N) is 1. The molecule has 0 atom stereocenters. The highest BCUT2D eigenvalue weighted by molar-refractivity contribution is 7.71. The number of hydrogen-bond acceptors (Lipinski definition) is 4. The van der Waals surface area contributed by atoms with Crippen LogP contribution in [-0.4, -0.2) is 32.8 Å². The van der Waals surface area contributed by atoms with Crippen LogP contribution in [0.2, 0.25) is 0 Å². The molecule has 0 amide bonds. The minimum Gasteiger partial charge on any atom is -0.462 e. The molecule has 1 aliphatic heterocycles. The van der Waals surface area contributed by atoms with E-state index in [0.717, 1.165) is 36.9 Å². The molecule has 0 aliphatic carbocycles. The summed E-state index contributed by atoms with van der Waals surface area (Å²) in [6, 6.07) is 14.4. The second-order valence-electron chi connectivity index (χ2n) is 6.67. The number of aryl methyl sites for hydroxylation is 1. The molecular weight excluding hydrogens is 356 g/mol. The molecule has 0 spiro atoms. The highest BCUT2D eigenvalue weighted by Gasteiger charge is 2.14. The molecule has 0 bridgehead atoms. The maximum Gasteiger partial charge on any atom is 0.217 e. The van der Waals surface area contributed by atoms with E-state index in [1.165, 1.54) is 11.1 Å². The van der Waals surface area contributed by atoms with Gasteiger partial charge in [-0.1, -0.05) is 36.4 Å². The van der Waals surface area contributed by atoms with Crippen LogP contribution in [0.3, 0.4) is 0 Å². The number of H-pyrrole nitrogens is 1. The van der Waals surface area contributed by atoms with Crippen LogP contribution >= 0.6 is 12.2 Å². The first-order valence-corrected chi connectivity index (χ1v) is 9.46. The Kier molecular flexibility index (Phi) is 5.18. The average Bonchev–Trinajstić information content (AvgIpc) is 3.27. The molecule has 1 aliphatic rings. The fourth-order valence-corrected chi connectivity index (χ4v) is 3.40. The summed E-state index contributed by atoms with van der Waals surface area (Å²) >= 11 is 5.40. The first kappa shape index (κ1) is 17.7. The smallest absolute Gasteiger partial charge is 0.217 e. The molecule has 2 aromatic heterocycles. The molecule has 0 saturated heterocycles. The van der Waals surface area contributed by atoms with E-state index in [4.69, 9.17) is 16.6 Å². The van der Waals surface area contributed by atoms with Crippen molar-refractivity contribution in [3.05, 3.63) is 76.2 Å². The molecule has 0 radical (unpaired) electrons. The molecule has 27 heavy (non-hydrogen) atoms. The van der Waals surface area contributed by atoms with Crippen molar-refractivity contribution < 1.29 is 4.42 Å². The van der Waals surface area contributed by atoms with E-state index >= 15 is 0 Å². The van der Waals surface area contributed by atoms with Crippen molar-refractivity contribution in [1.29, 1.82) is 0 Å². The van der Waals surface area contributed by atoms with Gasteiger partial charge in [0.1, 0.15) is 17.3 Å². The lowest BCUT2D eigenvalue weighted by Gasteiger charge is -2.26. The van der Waals surface area contributed by atoms with Gasteiger partial charge in [-0.2, -0.15) is 4.98 Å². The predicted molar refractivity (Wildman–Crippen MR) is 110 cm³/mol. The molecule has 0 fully saturated rings. The fraction of sp³-hybridized carbons (Fsp3) is 0.238. The van der Waals surface area contributed by atoms with Gasteiger partial charge in [0, 0.05) is 13.1 Å². The van der Waals surface area contributed by atoms with Crippen LogP contribution in [0.15, 0.2) is 53.0 Å². The van der Waals surface area contributed by atoms with E-state index in [1.807, 2.05) is 35.9 Å². The summed E-state index contributed by atoms with van der Waals surface area (Å²) in [4.78, 5) is 6.76. The second-order valence-corrected chi connectivity index (χ2v) is 7.03. The Labute approximate surface area is 163 Å². The molecule has 1 N–H and O–H groups in total. The monoisotopic (exact) mass is 378 g/mol. The summed E-state index contributed by atoms with van der Waals surface area (Å²) in [6.45, 7) is 4.54. The molecule has 1 aromatic carbocycles. The molecule has 138 valence electrons. The standard InChI is InChI=1S/C21H22N4OS/c1-16-7-8-19(26-16)9-10-20-22-21(27)25(23-20)15-24-13-11-18(12-14-24)17-5-3-2-4-6-17/h2-11H,12-15H2,1H3,(H,22,23,27)/b10-9+.